The lowest BCUT2D eigenvalue weighted by molar-refractivity contribution is -0.324. The predicted molar refractivity (Wildman–Crippen MR) is 105 cm³/mol. The molecule has 3 rings (SSSR count). The number of nitrogens with zero attached hydrogens (tertiary/aromatic N) is 1. The smallest absolute Gasteiger partial charge is 0.422 e. The van der Waals surface area contributed by atoms with E-state index in [0.29, 0.717) is 23.6 Å². The number of aromatic hydroxyl groups is 1. The summed E-state index contributed by atoms with van der Waals surface area (Å²) in [6.07, 6.45) is 0.700. The number of esters is 2. The van der Waals surface area contributed by atoms with Crippen molar-refractivity contribution in [1.82, 2.24) is 4.90 Å². The third kappa shape index (κ3) is 3.81. The van der Waals surface area contributed by atoms with Crippen molar-refractivity contribution in [3.8, 4) is 5.75 Å². The first-order chi connectivity index (χ1) is 13.7. The van der Waals surface area contributed by atoms with E-state index in [4.69, 9.17) is 21.1 Å². The normalized spacial score (nSPS) is 17.7. The molecular formula is C21H22ClNO6. The summed E-state index contributed by atoms with van der Waals surface area (Å²) in [4.78, 5) is 25.7. The number of aliphatic hydroxyl groups is 1. The van der Waals surface area contributed by atoms with Gasteiger partial charge in [-0.05, 0) is 57.2 Å². The zero-order chi connectivity index (χ0) is 21.2. The molecule has 0 bridgehead atoms. The lowest BCUT2D eigenvalue weighted by atomic mass is 9.68. The van der Waals surface area contributed by atoms with Gasteiger partial charge in [0, 0.05) is 10.6 Å². The highest BCUT2D eigenvalue weighted by Gasteiger charge is 2.64. The number of phenols is 1. The molecule has 29 heavy (non-hydrogen) atoms. The maximum absolute atomic E-state index is 11.9. The number of ether oxygens (including phenoxy) is 2. The SMILES string of the molecule is CN(C)CCCC(c1ccccc1)(c1cc(Cl)ccc1O)C1(O)OC(=O)C(=O)O1. The molecule has 2 N–H and O–H groups in total. The van der Waals surface area contributed by atoms with Gasteiger partial charge in [0.05, 0.1) is 0 Å². The van der Waals surface area contributed by atoms with Crippen molar-refractivity contribution in [2.45, 2.75) is 24.2 Å². The maximum Gasteiger partial charge on any atom is 0.422 e. The largest absolute Gasteiger partial charge is 0.508 e. The molecule has 1 unspecified atom stereocenters. The maximum atomic E-state index is 11.9. The van der Waals surface area contributed by atoms with Crippen LogP contribution in [0.4, 0.5) is 0 Å². The van der Waals surface area contributed by atoms with Crippen LogP contribution in [0.3, 0.4) is 0 Å². The molecular weight excluding hydrogens is 398 g/mol. The Morgan fingerprint density at radius 2 is 1.69 bits per heavy atom. The van der Waals surface area contributed by atoms with Crippen molar-refractivity contribution in [3.05, 3.63) is 64.7 Å². The van der Waals surface area contributed by atoms with Crippen LogP contribution in [0, 0.1) is 0 Å². The van der Waals surface area contributed by atoms with Gasteiger partial charge in [0.15, 0.2) is 0 Å². The summed E-state index contributed by atoms with van der Waals surface area (Å²) in [6.45, 7) is 0.633. The molecule has 0 aliphatic carbocycles. The summed E-state index contributed by atoms with van der Waals surface area (Å²) < 4.78 is 10.1. The number of rotatable bonds is 7. The lowest BCUT2D eigenvalue weighted by Gasteiger charge is -2.42. The summed E-state index contributed by atoms with van der Waals surface area (Å²) in [5, 5.41) is 22.4. The fourth-order valence-corrected chi connectivity index (χ4v) is 3.88. The molecule has 0 radical (unpaired) electrons. The van der Waals surface area contributed by atoms with Crippen molar-refractivity contribution < 1.29 is 29.3 Å². The average Bonchev–Trinajstić information content (AvgIpc) is 2.94. The Hall–Kier alpha value is -2.61. The Labute approximate surface area is 173 Å². The number of carbonyl (C=O) groups excluding carboxylic acids is 2. The molecule has 1 saturated heterocycles. The van der Waals surface area contributed by atoms with Crippen molar-refractivity contribution in [1.29, 1.82) is 0 Å². The zero-order valence-corrected chi connectivity index (χ0v) is 16.8. The van der Waals surface area contributed by atoms with E-state index in [1.807, 2.05) is 19.0 Å². The summed E-state index contributed by atoms with van der Waals surface area (Å²) in [5.41, 5.74) is -0.942. The second-order valence-corrected chi connectivity index (χ2v) is 7.64. The van der Waals surface area contributed by atoms with Gasteiger partial charge in [0.2, 0.25) is 0 Å². The van der Waals surface area contributed by atoms with Gasteiger partial charge in [-0.2, -0.15) is 0 Å². The fourth-order valence-electron chi connectivity index (χ4n) is 3.71. The summed E-state index contributed by atoms with van der Waals surface area (Å²) in [7, 11) is 3.79. The molecule has 1 aliphatic heterocycles. The molecule has 7 nitrogen and oxygen atoms in total. The summed E-state index contributed by atoms with van der Waals surface area (Å²) in [5.74, 6) is -5.45. The number of hydrogen-bond donors (Lipinski definition) is 2. The van der Waals surface area contributed by atoms with Crippen LogP contribution in [0.1, 0.15) is 24.0 Å². The Kier molecular flexibility index (Phi) is 5.84. The number of halogens is 1. The first kappa shape index (κ1) is 21.1. The van der Waals surface area contributed by atoms with Crippen LogP contribution in [0.5, 0.6) is 5.75 Å². The van der Waals surface area contributed by atoms with Crippen molar-refractivity contribution in [2.75, 3.05) is 20.6 Å². The Balaban J connectivity index is 2.28. The molecule has 1 aliphatic rings. The van der Waals surface area contributed by atoms with Gasteiger partial charge in [-0.3, -0.25) is 0 Å². The minimum absolute atomic E-state index is 0.181. The van der Waals surface area contributed by atoms with Gasteiger partial charge in [-0.15, -0.1) is 0 Å². The van der Waals surface area contributed by atoms with Crippen molar-refractivity contribution in [2.24, 2.45) is 0 Å². The van der Waals surface area contributed by atoms with Crippen LogP contribution in [-0.2, 0) is 24.5 Å². The minimum Gasteiger partial charge on any atom is -0.508 e. The fraction of sp³-hybridized carbons (Fsp3) is 0.333. The van der Waals surface area contributed by atoms with Gasteiger partial charge in [-0.1, -0.05) is 41.9 Å². The highest BCUT2D eigenvalue weighted by atomic mass is 35.5. The third-order valence-corrected chi connectivity index (χ3v) is 5.25. The van der Waals surface area contributed by atoms with Crippen molar-refractivity contribution >= 4 is 23.5 Å². The van der Waals surface area contributed by atoms with E-state index in [2.05, 4.69) is 0 Å². The van der Waals surface area contributed by atoms with Gasteiger partial charge >= 0.3 is 17.9 Å². The number of phenolic OH excluding ortho intramolecular Hbond substituents is 1. The molecule has 1 atom stereocenters. The lowest BCUT2D eigenvalue weighted by Crippen LogP contribution is -2.54. The second-order valence-electron chi connectivity index (χ2n) is 7.20. The Bertz CT molecular complexity index is 901. The molecule has 8 heteroatoms. The van der Waals surface area contributed by atoms with E-state index >= 15 is 0 Å². The molecule has 154 valence electrons. The first-order valence-electron chi connectivity index (χ1n) is 9.07. The predicted octanol–water partition coefficient (Wildman–Crippen LogP) is 2.42. The van der Waals surface area contributed by atoms with Crippen LogP contribution in [-0.4, -0.2) is 53.7 Å². The molecule has 0 amide bonds. The summed E-state index contributed by atoms with van der Waals surface area (Å²) in [6, 6.07) is 13.0. The molecule has 0 spiro atoms. The molecule has 1 fully saturated rings. The third-order valence-electron chi connectivity index (χ3n) is 5.01. The van der Waals surface area contributed by atoms with Crippen LogP contribution in [0.25, 0.3) is 0 Å². The monoisotopic (exact) mass is 419 g/mol. The minimum atomic E-state index is -2.66. The van der Waals surface area contributed by atoms with E-state index in [9.17, 15) is 19.8 Å². The van der Waals surface area contributed by atoms with Gasteiger partial charge < -0.3 is 24.6 Å². The van der Waals surface area contributed by atoms with Gasteiger partial charge in [0.1, 0.15) is 11.2 Å². The number of carbonyl (C=O) groups is 2. The molecule has 0 saturated carbocycles. The molecule has 1 heterocycles. The quantitative estimate of drug-likeness (QED) is 0.525. The highest BCUT2D eigenvalue weighted by molar-refractivity contribution is 6.31. The van der Waals surface area contributed by atoms with E-state index in [0.717, 1.165) is 0 Å². The molecule has 2 aromatic carbocycles. The molecule has 0 aromatic heterocycles. The standard InChI is InChI=1S/C21H22ClNO6/c1-23(2)12-6-11-20(14-7-4-3-5-8-14,16-13-15(22)9-10-17(16)24)21(27)28-18(25)19(26)29-21/h3-5,7-10,13,24,27H,6,11-12H2,1-2H3. The average molecular weight is 420 g/mol. The van der Waals surface area contributed by atoms with Crippen LogP contribution in [0.2, 0.25) is 5.02 Å². The number of hydrogen-bond acceptors (Lipinski definition) is 7. The Morgan fingerprint density at radius 1 is 1.07 bits per heavy atom. The van der Waals surface area contributed by atoms with Gasteiger partial charge in [-0.25, -0.2) is 9.59 Å². The first-order valence-corrected chi connectivity index (χ1v) is 9.45. The van der Waals surface area contributed by atoms with Crippen LogP contribution < -0.4 is 0 Å². The van der Waals surface area contributed by atoms with Crippen LogP contribution in [0.15, 0.2) is 48.5 Å². The van der Waals surface area contributed by atoms with E-state index < -0.39 is 23.3 Å². The van der Waals surface area contributed by atoms with E-state index in [1.165, 1.54) is 18.2 Å². The van der Waals surface area contributed by atoms with Gasteiger partial charge in [0.25, 0.3) is 0 Å². The Morgan fingerprint density at radius 3 is 2.28 bits per heavy atom. The van der Waals surface area contributed by atoms with E-state index in [1.54, 1.807) is 30.3 Å². The second kappa shape index (κ2) is 8.02. The number of benzene rings is 2. The number of cyclic esters (lactones) is 2. The molecule has 2 aromatic rings. The van der Waals surface area contributed by atoms with Crippen molar-refractivity contribution in [3.63, 3.8) is 0 Å². The summed E-state index contributed by atoms with van der Waals surface area (Å²) >= 11 is 6.19. The zero-order valence-electron chi connectivity index (χ0n) is 16.1. The highest BCUT2D eigenvalue weighted by Crippen LogP contribution is 2.51. The van der Waals surface area contributed by atoms with Crippen LogP contribution >= 0.6 is 11.6 Å². The van der Waals surface area contributed by atoms with E-state index in [-0.39, 0.29) is 17.7 Å². The topological polar surface area (TPSA) is 96.3 Å².